The van der Waals surface area contributed by atoms with Crippen molar-refractivity contribution in [1.29, 1.82) is 0 Å². The highest BCUT2D eigenvalue weighted by molar-refractivity contribution is 7.89. The minimum atomic E-state index is -3.54. The van der Waals surface area contributed by atoms with Gasteiger partial charge in [0.05, 0.1) is 4.90 Å². The van der Waals surface area contributed by atoms with Crippen LogP contribution in [-0.2, 0) is 14.8 Å². The van der Waals surface area contributed by atoms with Gasteiger partial charge in [-0.15, -0.1) is 0 Å². The van der Waals surface area contributed by atoms with Crippen molar-refractivity contribution in [2.75, 3.05) is 13.1 Å². The number of nitrogens with zero attached hydrogens (tertiary/aromatic N) is 1. The van der Waals surface area contributed by atoms with E-state index in [1.165, 1.54) is 10.7 Å². The summed E-state index contributed by atoms with van der Waals surface area (Å²) in [5.41, 5.74) is 0. The highest BCUT2D eigenvalue weighted by Gasteiger charge is 2.32. The lowest BCUT2D eigenvalue weighted by Gasteiger charge is -2.31. The molecule has 6 heteroatoms. The lowest BCUT2D eigenvalue weighted by Crippen LogP contribution is -2.44. The number of hydrogen-bond donors (Lipinski definition) is 1. The Hall–Kier alpha value is -1.92. The summed E-state index contributed by atoms with van der Waals surface area (Å²) in [6.45, 7) is 7.24. The summed E-state index contributed by atoms with van der Waals surface area (Å²) in [4.78, 5) is 12.9. The molecule has 1 atom stereocenters. The van der Waals surface area contributed by atoms with Crippen molar-refractivity contribution in [3.63, 3.8) is 0 Å². The zero-order valence-electron chi connectivity index (χ0n) is 18.3. The van der Waals surface area contributed by atoms with Crippen LogP contribution >= 0.6 is 0 Å². The second-order valence-corrected chi connectivity index (χ2v) is 10.9. The van der Waals surface area contributed by atoms with Gasteiger partial charge < -0.3 is 5.32 Å². The first-order valence-corrected chi connectivity index (χ1v) is 12.5. The van der Waals surface area contributed by atoms with E-state index in [2.05, 4.69) is 26.1 Å². The Morgan fingerprint density at radius 2 is 1.70 bits per heavy atom. The largest absolute Gasteiger partial charge is 0.353 e. The lowest BCUT2D eigenvalue weighted by atomic mass is 9.96. The number of fused-ring (bicyclic) bond motifs is 1. The number of piperidine rings is 1. The maximum atomic E-state index is 13.1. The van der Waals surface area contributed by atoms with Gasteiger partial charge in [0.15, 0.2) is 0 Å². The molecule has 0 aromatic heterocycles. The van der Waals surface area contributed by atoms with Crippen molar-refractivity contribution < 1.29 is 13.2 Å². The Kier molecular flexibility index (Phi) is 7.53. The first kappa shape index (κ1) is 22.8. The molecule has 1 fully saturated rings. The van der Waals surface area contributed by atoms with Crippen LogP contribution in [0.4, 0.5) is 0 Å². The van der Waals surface area contributed by atoms with Gasteiger partial charge in [-0.1, -0.05) is 57.0 Å². The highest BCUT2D eigenvalue weighted by atomic mass is 32.2. The molecule has 0 bridgehead atoms. The summed E-state index contributed by atoms with van der Waals surface area (Å²) in [5.74, 6) is 0.636. The summed E-state index contributed by atoms with van der Waals surface area (Å²) in [6, 6.07) is 13.2. The molecule has 1 unspecified atom stereocenters. The van der Waals surface area contributed by atoms with Crippen molar-refractivity contribution >= 4 is 26.7 Å². The Morgan fingerprint density at radius 3 is 2.37 bits per heavy atom. The molecule has 1 aliphatic rings. The standard InChI is InChI=1S/C24H34N2O3S/c1-18(2)7-6-8-19(3)25-24(27)21-13-15-26(16-14-21)30(28,29)23-12-11-20-9-4-5-10-22(20)17-23/h4-5,9-12,17-19,21H,6-8,13-16H2,1-3H3,(H,25,27). The minimum absolute atomic E-state index is 0.0646. The maximum Gasteiger partial charge on any atom is 0.243 e. The number of carbonyl (C=O) groups excluding carboxylic acids is 1. The van der Waals surface area contributed by atoms with Crippen molar-refractivity contribution in [3.05, 3.63) is 42.5 Å². The predicted octanol–water partition coefficient (Wildman–Crippen LogP) is 4.57. The van der Waals surface area contributed by atoms with Crippen molar-refractivity contribution in [1.82, 2.24) is 9.62 Å². The van der Waals surface area contributed by atoms with Gasteiger partial charge in [-0.3, -0.25) is 4.79 Å². The molecule has 2 aromatic carbocycles. The summed E-state index contributed by atoms with van der Waals surface area (Å²) in [6.07, 6.45) is 4.40. The van der Waals surface area contributed by atoms with E-state index in [9.17, 15) is 13.2 Å². The molecule has 2 aromatic rings. The number of hydrogen-bond acceptors (Lipinski definition) is 3. The zero-order chi connectivity index (χ0) is 21.7. The molecule has 1 aliphatic heterocycles. The van der Waals surface area contributed by atoms with Crippen LogP contribution in [0.2, 0.25) is 0 Å². The van der Waals surface area contributed by atoms with E-state index in [0.717, 1.165) is 23.6 Å². The third kappa shape index (κ3) is 5.61. The molecule has 30 heavy (non-hydrogen) atoms. The van der Waals surface area contributed by atoms with Crippen LogP contribution in [0.5, 0.6) is 0 Å². The van der Waals surface area contributed by atoms with E-state index in [0.29, 0.717) is 36.7 Å². The third-order valence-corrected chi connectivity index (χ3v) is 7.89. The van der Waals surface area contributed by atoms with Crippen LogP contribution in [0.1, 0.15) is 52.9 Å². The number of sulfonamides is 1. The average Bonchev–Trinajstić information content (AvgIpc) is 2.73. The normalized spacial score (nSPS) is 17.3. The Morgan fingerprint density at radius 1 is 1.03 bits per heavy atom. The van der Waals surface area contributed by atoms with Crippen LogP contribution in [0.25, 0.3) is 10.8 Å². The molecular formula is C24H34N2O3S. The summed E-state index contributed by atoms with van der Waals surface area (Å²) >= 11 is 0. The van der Waals surface area contributed by atoms with Gasteiger partial charge in [-0.05, 0) is 55.0 Å². The lowest BCUT2D eigenvalue weighted by molar-refractivity contribution is -0.126. The van der Waals surface area contributed by atoms with Crippen LogP contribution in [0, 0.1) is 11.8 Å². The fourth-order valence-electron chi connectivity index (χ4n) is 4.10. The molecule has 3 rings (SSSR count). The van der Waals surface area contributed by atoms with Gasteiger partial charge in [-0.25, -0.2) is 8.42 Å². The fourth-order valence-corrected chi connectivity index (χ4v) is 5.61. The van der Waals surface area contributed by atoms with Crippen LogP contribution in [0.3, 0.4) is 0 Å². The van der Waals surface area contributed by atoms with E-state index >= 15 is 0 Å². The number of nitrogens with one attached hydrogen (secondary N) is 1. The van der Waals surface area contributed by atoms with Gasteiger partial charge in [0.2, 0.25) is 15.9 Å². The van der Waals surface area contributed by atoms with Crippen LogP contribution < -0.4 is 5.32 Å². The molecule has 0 saturated carbocycles. The monoisotopic (exact) mass is 430 g/mol. The topological polar surface area (TPSA) is 66.5 Å². The molecule has 5 nitrogen and oxygen atoms in total. The van der Waals surface area contributed by atoms with Crippen LogP contribution in [0.15, 0.2) is 47.4 Å². The maximum absolute atomic E-state index is 13.1. The first-order chi connectivity index (χ1) is 14.3. The SMILES string of the molecule is CC(C)CCCC(C)NC(=O)C1CCN(S(=O)(=O)c2ccc3ccccc3c2)CC1. The summed E-state index contributed by atoms with van der Waals surface area (Å²) in [5, 5.41) is 5.06. The molecule has 1 heterocycles. The van der Waals surface area contributed by atoms with Crippen molar-refractivity contribution in [3.8, 4) is 0 Å². The summed E-state index contributed by atoms with van der Waals surface area (Å²) in [7, 11) is -3.54. The minimum Gasteiger partial charge on any atom is -0.353 e. The fraction of sp³-hybridized carbons (Fsp3) is 0.542. The molecule has 1 amide bonds. The first-order valence-electron chi connectivity index (χ1n) is 11.1. The van der Waals surface area contributed by atoms with Gasteiger partial charge in [0, 0.05) is 25.0 Å². The van der Waals surface area contributed by atoms with E-state index in [1.54, 1.807) is 12.1 Å². The molecule has 0 aliphatic carbocycles. The number of rotatable bonds is 8. The van der Waals surface area contributed by atoms with Gasteiger partial charge in [0.25, 0.3) is 0 Å². The second-order valence-electron chi connectivity index (χ2n) is 8.92. The van der Waals surface area contributed by atoms with E-state index in [-0.39, 0.29) is 17.9 Å². The summed E-state index contributed by atoms with van der Waals surface area (Å²) < 4.78 is 27.7. The van der Waals surface area contributed by atoms with E-state index < -0.39 is 10.0 Å². The Bertz CT molecular complexity index is 963. The van der Waals surface area contributed by atoms with Crippen LogP contribution in [-0.4, -0.2) is 37.8 Å². The quantitative estimate of drug-likeness (QED) is 0.667. The second kappa shape index (κ2) is 9.92. The zero-order valence-corrected chi connectivity index (χ0v) is 19.1. The molecule has 1 saturated heterocycles. The predicted molar refractivity (Wildman–Crippen MR) is 122 cm³/mol. The van der Waals surface area contributed by atoms with E-state index in [1.807, 2.05) is 30.3 Å². The Labute approximate surface area is 180 Å². The highest BCUT2D eigenvalue weighted by Crippen LogP contribution is 2.26. The van der Waals surface area contributed by atoms with Gasteiger partial charge >= 0.3 is 0 Å². The van der Waals surface area contributed by atoms with Crippen molar-refractivity contribution in [2.45, 2.75) is 63.8 Å². The number of benzene rings is 2. The molecular weight excluding hydrogens is 396 g/mol. The number of carbonyl (C=O) groups is 1. The van der Waals surface area contributed by atoms with Gasteiger partial charge in [-0.2, -0.15) is 4.31 Å². The number of amides is 1. The average molecular weight is 431 g/mol. The van der Waals surface area contributed by atoms with Crippen molar-refractivity contribution in [2.24, 2.45) is 11.8 Å². The molecule has 0 radical (unpaired) electrons. The molecule has 0 spiro atoms. The van der Waals surface area contributed by atoms with Gasteiger partial charge in [0.1, 0.15) is 0 Å². The molecule has 1 N–H and O–H groups in total. The molecule has 164 valence electrons. The third-order valence-electron chi connectivity index (χ3n) is 5.99. The smallest absolute Gasteiger partial charge is 0.243 e. The Balaban J connectivity index is 1.55. The van der Waals surface area contributed by atoms with E-state index in [4.69, 9.17) is 0 Å².